The highest BCUT2D eigenvalue weighted by atomic mass is 16.6. The first-order chi connectivity index (χ1) is 14.2. The molecule has 5 rings (SSSR count). The van der Waals surface area contributed by atoms with E-state index in [0.717, 1.165) is 0 Å². The first-order valence-electron chi connectivity index (χ1n) is 9.91. The van der Waals surface area contributed by atoms with Gasteiger partial charge in [-0.1, -0.05) is 78.9 Å². The van der Waals surface area contributed by atoms with Crippen molar-refractivity contribution in [3.8, 4) is 11.1 Å². The number of nitrogens with zero attached hydrogens (tertiary/aromatic N) is 1. The normalized spacial score (nSPS) is 15.4. The molecule has 0 saturated carbocycles. The number of ether oxygens (including phenoxy) is 1. The smallest absolute Gasteiger partial charge is 0.409 e. The van der Waals surface area contributed by atoms with Crippen LogP contribution < -0.4 is 0 Å². The zero-order valence-electron chi connectivity index (χ0n) is 16.0. The van der Waals surface area contributed by atoms with Crippen molar-refractivity contribution in [1.82, 2.24) is 4.90 Å². The van der Waals surface area contributed by atoms with E-state index in [1.165, 1.54) is 22.3 Å². The maximum Gasteiger partial charge on any atom is 0.409 e. The Hall–Kier alpha value is -3.40. The van der Waals surface area contributed by atoms with Crippen LogP contribution in [-0.2, 0) is 4.74 Å². The van der Waals surface area contributed by atoms with Crippen molar-refractivity contribution >= 4 is 11.9 Å². The van der Waals surface area contributed by atoms with Crippen molar-refractivity contribution in [3.63, 3.8) is 0 Å². The van der Waals surface area contributed by atoms with E-state index in [1.54, 1.807) is 4.90 Å². The highest BCUT2D eigenvalue weighted by Crippen LogP contribution is 2.44. The summed E-state index contributed by atoms with van der Waals surface area (Å²) in [4.78, 5) is 26.6. The van der Waals surface area contributed by atoms with Gasteiger partial charge < -0.3 is 9.64 Å². The Bertz CT molecular complexity index is 1020. The Morgan fingerprint density at radius 2 is 1.34 bits per heavy atom. The lowest BCUT2D eigenvalue weighted by Crippen LogP contribution is -2.53. The van der Waals surface area contributed by atoms with Crippen LogP contribution in [0.15, 0.2) is 78.9 Å². The fourth-order valence-electron chi connectivity index (χ4n) is 4.32. The number of carbonyl (C=O) groups excluding carboxylic acids is 2. The molecule has 1 saturated heterocycles. The number of hydrogen-bond acceptors (Lipinski definition) is 3. The van der Waals surface area contributed by atoms with Gasteiger partial charge in [-0.25, -0.2) is 4.79 Å². The Labute approximate surface area is 169 Å². The van der Waals surface area contributed by atoms with Gasteiger partial charge in [0.2, 0.25) is 0 Å². The molecule has 3 aromatic rings. The Morgan fingerprint density at radius 3 is 1.97 bits per heavy atom. The zero-order valence-corrected chi connectivity index (χ0v) is 16.0. The van der Waals surface area contributed by atoms with Crippen molar-refractivity contribution in [1.29, 1.82) is 0 Å². The van der Waals surface area contributed by atoms with E-state index < -0.39 is 0 Å². The van der Waals surface area contributed by atoms with Gasteiger partial charge in [0.15, 0.2) is 5.78 Å². The predicted molar refractivity (Wildman–Crippen MR) is 111 cm³/mol. The molecule has 0 aromatic heterocycles. The first-order valence-corrected chi connectivity index (χ1v) is 9.91. The van der Waals surface area contributed by atoms with Gasteiger partial charge in [0.25, 0.3) is 0 Å². The molecule has 0 atom stereocenters. The number of benzene rings is 3. The largest absolute Gasteiger partial charge is 0.448 e. The Balaban J connectivity index is 1.22. The molecule has 0 unspecified atom stereocenters. The first kappa shape index (κ1) is 17.7. The molecule has 29 heavy (non-hydrogen) atoms. The lowest BCUT2D eigenvalue weighted by molar-refractivity contribution is 0.0462. The van der Waals surface area contributed by atoms with E-state index in [2.05, 4.69) is 24.3 Å². The summed E-state index contributed by atoms with van der Waals surface area (Å²) in [6.45, 7) is 1.15. The van der Waals surface area contributed by atoms with Crippen molar-refractivity contribution in [2.24, 2.45) is 5.92 Å². The SMILES string of the molecule is O=C(c1ccccc1)C1CN(C(=O)OCC2c3ccccc3-c3ccccc32)C1. The minimum absolute atomic E-state index is 0.0503. The number of fused-ring (bicyclic) bond motifs is 3. The number of carbonyl (C=O) groups is 2. The Kier molecular flexibility index (Phi) is 4.39. The van der Waals surface area contributed by atoms with Crippen molar-refractivity contribution in [2.75, 3.05) is 19.7 Å². The van der Waals surface area contributed by atoms with Crippen LogP contribution in [0.25, 0.3) is 11.1 Å². The molecule has 3 aromatic carbocycles. The summed E-state index contributed by atoms with van der Waals surface area (Å²) < 4.78 is 5.65. The van der Waals surface area contributed by atoms with Crippen LogP contribution in [0.2, 0.25) is 0 Å². The van der Waals surface area contributed by atoms with Crippen molar-refractivity contribution in [3.05, 3.63) is 95.6 Å². The van der Waals surface area contributed by atoms with Crippen molar-refractivity contribution < 1.29 is 14.3 Å². The average Bonchev–Trinajstić information content (AvgIpc) is 3.05. The molecule has 144 valence electrons. The van der Waals surface area contributed by atoms with Gasteiger partial charge in [-0.3, -0.25) is 4.79 Å². The zero-order chi connectivity index (χ0) is 19.8. The third-order valence-corrected chi connectivity index (χ3v) is 5.90. The van der Waals surface area contributed by atoms with Crippen LogP contribution >= 0.6 is 0 Å². The maximum atomic E-state index is 12.5. The summed E-state index contributed by atoms with van der Waals surface area (Å²) in [5, 5.41) is 0. The number of ketones is 1. The molecule has 1 amide bonds. The minimum atomic E-state index is -0.344. The van der Waals surface area contributed by atoms with E-state index >= 15 is 0 Å². The van der Waals surface area contributed by atoms with Crippen molar-refractivity contribution in [2.45, 2.75) is 5.92 Å². The number of likely N-dealkylation sites (tertiary alicyclic amines) is 1. The molecule has 1 heterocycles. The average molecular weight is 383 g/mol. The van der Waals surface area contributed by atoms with E-state index in [0.29, 0.717) is 25.3 Å². The molecule has 1 aliphatic heterocycles. The number of rotatable bonds is 4. The molecule has 4 nitrogen and oxygen atoms in total. The van der Waals surface area contributed by atoms with Gasteiger partial charge in [0.05, 0.1) is 5.92 Å². The minimum Gasteiger partial charge on any atom is -0.448 e. The summed E-state index contributed by atoms with van der Waals surface area (Å²) in [7, 11) is 0. The fourth-order valence-corrected chi connectivity index (χ4v) is 4.32. The van der Waals surface area contributed by atoms with Gasteiger partial charge in [0, 0.05) is 24.6 Å². The van der Waals surface area contributed by atoms with E-state index in [4.69, 9.17) is 4.74 Å². The second-order valence-electron chi connectivity index (χ2n) is 7.64. The third-order valence-electron chi connectivity index (χ3n) is 5.90. The number of Topliss-reactive ketones (excluding diaryl/α,β-unsaturated/α-hetero) is 1. The number of hydrogen-bond donors (Lipinski definition) is 0. The third kappa shape index (κ3) is 3.11. The molecule has 0 spiro atoms. The highest BCUT2D eigenvalue weighted by molar-refractivity contribution is 5.99. The quantitative estimate of drug-likeness (QED) is 0.611. The standard InChI is InChI=1S/C25H21NO3/c27-24(17-8-2-1-3-9-17)18-14-26(15-18)25(28)29-16-23-21-12-6-4-10-19(21)20-11-5-7-13-22(20)23/h1-13,18,23H,14-16H2. The van der Waals surface area contributed by atoms with Gasteiger partial charge >= 0.3 is 6.09 Å². The second kappa shape index (κ2) is 7.21. The fraction of sp³-hybridized carbons (Fsp3) is 0.200. The predicted octanol–water partition coefficient (Wildman–Crippen LogP) is 4.75. The lowest BCUT2D eigenvalue weighted by Gasteiger charge is -2.37. The summed E-state index contributed by atoms with van der Waals surface area (Å²) in [6.07, 6.45) is -0.344. The van der Waals surface area contributed by atoms with Crippen LogP contribution in [0, 0.1) is 5.92 Å². The summed E-state index contributed by atoms with van der Waals surface area (Å²) in [6, 6.07) is 25.8. The maximum absolute atomic E-state index is 12.5. The van der Waals surface area contributed by atoms with Gasteiger partial charge in [0.1, 0.15) is 6.61 Å². The summed E-state index contributed by atoms with van der Waals surface area (Å²) >= 11 is 0. The van der Waals surface area contributed by atoms with Gasteiger partial charge in [-0.15, -0.1) is 0 Å². The molecular weight excluding hydrogens is 362 g/mol. The molecule has 0 N–H and O–H groups in total. The highest BCUT2D eigenvalue weighted by Gasteiger charge is 2.37. The molecule has 0 radical (unpaired) electrons. The lowest BCUT2D eigenvalue weighted by atomic mass is 9.91. The number of amides is 1. The molecule has 1 fully saturated rings. The topological polar surface area (TPSA) is 46.6 Å². The molecule has 2 aliphatic rings. The second-order valence-corrected chi connectivity index (χ2v) is 7.64. The molecule has 4 heteroatoms. The summed E-state index contributed by atoms with van der Waals surface area (Å²) in [5.41, 5.74) is 5.51. The van der Waals surface area contributed by atoms with Crippen LogP contribution in [0.1, 0.15) is 27.4 Å². The van der Waals surface area contributed by atoms with Gasteiger partial charge in [-0.05, 0) is 22.3 Å². The van der Waals surface area contributed by atoms with Crippen LogP contribution in [0.4, 0.5) is 4.79 Å². The molecule has 0 bridgehead atoms. The monoisotopic (exact) mass is 383 g/mol. The van der Waals surface area contributed by atoms with Crippen LogP contribution in [0.3, 0.4) is 0 Å². The van der Waals surface area contributed by atoms with Crippen LogP contribution in [0.5, 0.6) is 0 Å². The summed E-state index contributed by atoms with van der Waals surface area (Å²) in [5.74, 6) is 0.000513. The molecular formula is C25H21NO3. The molecule has 1 aliphatic carbocycles. The van der Waals surface area contributed by atoms with Crippen LogP contribution in [-0.4, -0.2) is 36.5 Å². The Morgan fingerprint density at radius 1 is 0.793 bits per heavy atom. The van der Waals surface area contributed by atoms with Gasteiger partial charge in [-0.2, -0.15) is 0 Å². The van der Waals surface area contributed by atoms with E-state index in [9.17, 15) is 9.59 Å². The van der Waals surface area contributed by atoms with E-state index in [1.807, 2.05) is 54.6 Å². The van der Waals surface area contributed by atoms with E-state index in [-0.39, 0.29) is 23.7 Å².